The van der Waals surface area contributed by atoms with Crippen molar-refractivity contribution in [3.8, 4) is 0 Å². The second kappa shape index (κ2) is 7.25. The fourth-order valence-electron chi connectivity index (χ4n) is 2.14. The highest BCUT2D eigenvalue weighted by Gasteiger charge is 2.08. The molecule has 0 spiro atoms. The minimum Gasteiger partial charge on any atom is -0.326 e. The number of hydrogen-bond donors (Lipinski definition) is 2. The number of anilines is 1. The van der Waals surface area contributed by atoms with Gasteiger partial charge in [-0.2, -0.15) is 0 Å². The van der Waals surface area contributed by atoms with Crippen LogP contribution >= 0.6 is 11.6 Å². The van der Waals surface area contributed by atoms with Crippen molar-refractivity contribution in [3.05, 3.63) is 64.7 Å². The highest BCUT2D eigenvalue weighted by molar-refractivity contribution is 6.30. The number of carbonyl (C=O) groups excluding carboxylic acids is 1. The van der Waals surface area contributed by atoms with Gasteiger partial charge in [-0.25, -0.2) is 0 Å². The lowest BCUT2D eigenvalue weighted by Crippen LogP contribution is -2.19. The van der Waals surface area contributed by atoms with Crippen molar-refractivity contribution < 1.29 is 4.79 Å². The minimum absolute atomic E-state index is 0.0645. The van der Waals surface area contributed by atoms with E-state index < -0.39 is 0 Å². The van der Waals surface area contributed by atoms with E-state index in [1.54, 1.807) is 0 Å². The summed E-state index contributed by atoms with van der Waals surface area (Å²) < 4.78 is 0. The van der Waals surface area contributed by atoms with Crippen LogP contribution in [-0.2, 0) is 11.3 Å². The molecule has 2 aromatic rings. The highest BCUT2D eigenvalue weighted by Crippen LogP contribution is 2.19. The second-order valence-corrected chi connectivity index (χ2v) is 5.43. The average molecular weight is 303 g/mol. The molecule has 0 aromatic heterocycles. The van der Waals surface area contributed by atoms with Gasteiger partial charge in [0.25, 0.3) is 0 Å². The summed E-state index contributed by atoms with van der Waals surface area (Å²) in [5.41, 5.74) is 3.04. The molecule has 4 heteroatoms. The summed E-state index contributed by atoms with van der Waals surface area (Å²) >= 11 is 6.01. The molecule has 0 radical (unpaired) electrons. The van der Waals surface area contributed by atoms with Gasteiger partial charge in [-0.3, -0.25) is 4.79 Å². The van der Waals surface area contributed by atoms with Crippen molar-refractivity contribution in [1.82, 2.24) is 5.32 Å². The molecule has 2 aromatic carbocycles. The van der Waals surface area contributed by atoms with Gasteiger partial charge in [-0.15, -0.1) is 0 Å². The molecule has 0 bridgehead atoms. The predicted octanol–water partition coefficient (Wildman–Crippen LogP) is 4.15. The van der Waals surface area contributed by atoms with Gasteiger partial charge in [-0.05, 0) is 36.2 Å². The van der Waals surface area contributed by atoms with Crippen LogP contribution in [0.4, 0.5) is 5.69 Å². The molecule has 2 rings (SSSR count). The van der Waals surface area contributed by atoms with Crippen molar-refractivity contribution in [1.29, 1.82) is 0 Å². The first-order chi connectivity index (χ1) is 10.1. The van der Waals surface area contributed by atoms with Crippen LogP contribution in [0, 0.1) is 0 Å². The van der Waals surface area contributed by atoms with Crippen LogP contribution in [0.2, 0.25) is 5.02 Å². The van der Waals surface area contributed by atoms with Crippen LogP contribution < -0.4 is 10.6 Å². The van der Waals surface area contributed by atoms with Gasteiger partial charge < -0.3 is 10.6 Å². The normalized spacial score (nSPS) is 12.0. The molecular formula is C17H19ClN2O. The third kappa shape index (κ3) is 4.59. The van der Waals surface area contributed by atoms with Gasteiger partial charge in [0.1, 0.15) is 0 Å². The molecule has 0 aliphatic rings. The number of para-hydroxylation sites is 1. The Morgan fingerprint density at radius 2 is 1.95 bits per heavy atom. The monoisotopic (exact) mass is 302 g/mol. The summed E-state index contributed by atoms with van der Waals surface area (Å²) in [7, 11) is 0. The van der Waals surface area contributed by atoms with Crippen LogP contribution in [0.1, 0.15) is 31.0 Å². The molecule has 0 fully saturated rings. The molecule has 0 aliphatic carbocycles. The molecule has 1 atom stereocenters. The molecule has 21 heavy (non-hydrogen) atoms. The Hall–Kier alpha value is -1.84. The zero-order chi connectivity index (χ0) is 15.2. The zero-order valence-corrected chi connectivity index (χ0v) is 12.9. The van der Waals surface area contributed by atoms with Crippen molar-refractivity contribution in [2.45, 2.75) is 26.4 Å². The Morgan fingerprint density at radius 3 is 2.67 bits per heavy atom. The molecule has 0 saturated heterocycles. The Morgan fingerprint density at radius 1 is 1.19 bits per heavy atom. The number of amides is 1. The van der Waals surface area contributed by atoms with Gasteiger partial charge in [0.2, 0.25) is 5.91 Å². The molecule has 0 aliphatic heterocycles. The van der Waals surface area contributed by atoms with E-state index in [1.807, 2.05) is 48.5 Å². The van der Waals surface area contributed by atoms with E-state index in [9.17, 15) is 4.79 Å². The Balaban J connectivity index is 2.04. The standard InChI is InChI=1S/C17H19ClN2O/c1-12(14-7-5-8-16(18)10-14)19-11-15-6-3-4-9-17(15)20-13(2)21/h3-10,12,19H,11H2,1-2H3,(H,20,21)/t12-/m0/s1. The minimum atomic E-state index is -0.0645. The number of nitrogens with one attached hydrogen (secondary N) is 2. The smallest absolute Gasteiger partial charge is 0.221 e. The molecule has 2 N–H and O–H groups in total. The maximum Gasteiger partial charge on any atom is 0.221 e. The number of halogens is 1. The third-order valence-corrected chi connectivity index (χ3v) is 3.51. The molecule has 3 nitrogen and oxygen atoms in total. The summed E-state index contributed by atoms with van der Waals surface area (Å²) in [5, 5.41) is 7.03. The quantitative estimate of drug-likeness (QED) is 0.871. The van der Waals surface area contributed by atoms with Crippen molar-refractivity contribution >= 4 is 23.2 Å². The number of benzene rings is 2. The molecule has 0 unspecified atom stereocenters. The summed E-state index contributed by atoms with van der Waals surface area (Å²) in [4.78, 5) is 11.2. The van der Waals surface area contributed by atoms with Gasteiger partial charge in [0.15, 0.2) is 0 Å². The van der Waals surface area contributed by atoms with E-state index in [0.29, 0.717) is 6.54 Å². The molecule has 110 valence electrons. The van der Waals surface area contributed by atoms with E-state index in [4.69, 9.17) is 11.6 Å². The van der Waals surface area contributed by atoms with E-state index in [0.717, 1.165) is 21.8 Å². The van der Waals surface area contributed by atoms with Crippen LogP contribution in [0.3, 0.4) is 0 Å². The van der Waals surface area contributed by atoms with Crippen molar-refractivity contribution in [2.75, 3.05) is 5.32 Å². The maximum absolute atomic E-state index is 11.2. The van der Waals surface area contributed by atoms with Crippen LogP contribution in [0.25, 0.3) is 0 Å². The summed E-state index contributed by atoms with van der Waals surface area (Å²) in [5.74, 6) is -0.0645. The zero-order valence-electron chi connectivity index (χ0n) is 12.2. The fraction of sp³-hybridized carbons (Fsp3) is 0.235. The lowest BCUT2D eigenvalue weighted by molar-refractivity contribution is -0.114. The number of hydrogen-bond acceptors (Lipinski definition) is 2. The Labute approximate surface area is 130 Å². The molecular weight excluding hydrogens is 284 g/mol. The van der Waals surface area contributed by atoms with Gasteiger partial charge in [-0.1, -0.05) is 41.9 Å². The summed E-state index contributed by atoms with van der Waals surface area (Å²) in [6.07, 6.45) is 0. The van der Waals surface area contributed by atoms with Gasteiger partial charge in [0, 0.05) is 30.2 Å². The van der Waals surface area contributed by atoms with Crippen molar-refractivity contribution in [3.63, 3.8) is 0 Å². The lowest BCUT2D eigenvalue weighted by Gasteiger charge is -2.16. The lowest BCUT2D eigenvalue weighted by atomic mass is 10.1. The maximum atomic E-state index is 11.2. The SMILES string of the molecule is CC(=O)Nc1ccccc1CN[C@@H](C)c1cccc(Cl)c1. The predicted molar refractivity (Wildman–Crippen MR) is 87.5 cm³/mol. The molecule has 0 heterocycles. The highest BCUT2D eigenvalue weighted by atomic mass is 35.5. The molecule has 1 amide bonds. The van der Waals surface area contributed by atoms with Gasteiger partial charge in [0.05, 0.1) is 0 Å². The van der Waals surface area contributed by atoms with Crippen LogP contribution in [-0.4, -0.2) is 5.91 Å². The fourth-order valence-corrected chi connectivity index (χ4v) is 2.34. The van der Waals surface area contributed by atoms with Gasteiger partial charge >= 0.3 is 0 Å². The summed E-state index contributed by atoms with van der Waals surface area (Å²) in [6, 6.07) is 15.8. The largest absolute Gasteiger partial charge is 0.326 e. The third-order valence-electron chi connectivity index (χ3n) is 3.28. The average Bonchev–Trinajstić information content (AvgIpc) is 2.45. The first-order valence-electron chi connectivity index (χ1n) is 6.90. The van der Waals surface area contributed by atoms with Crippen LogP contribution in [0.5, 0.6) is 0 Å². The summed E-state index contributed by atoms with van der Waals surface area (Å²) in [6.45, 7) is 4.27. The molecule has 0 saturated carbocycles. The van der Waals surface area contributed by atoms with Crippen molar-refractivity contribution in [2.24, 2.45) is 0 Å². The Bertz CT molecular complexity index is 628. The van der Waals surface area contributed by atoms with E-state index in [2.05, 4.69) is 17.6 Å². The second-order valence-electron chi connectivity index (χ2n) is 5.00. The first kappa shape index (κ1) is 15.5. The van der Waals surface area contributed by atoms with E-state index in [1.165, 1.54) is 6.92 Å². The number of carbonyl (C=O) groups is 1. The number of rotatable bonds is 5. The Kier molecular flexibility index (Phi) is 5.37. The topological polar surface area (TPSA) is 41.1 Å². The van der Waals surface area contributed by atoms with Crippen LogP contribution in [0.15, 0.2) is 48.5 Å². The van der Waals surface area contributed by atoms with E-state index in [-0.39, 0.29) is 11.9 Å². The van der Waals surface area contributed by atoms with E-state index >= 15 is 0 Å². The first-order valence-corrected chi connectivity index (χ1v) is 7.28.